The highest BCUT2D eigenvalue weighted by molar-refractivity contribution is 5.71. The first-order valence-electron chi connectivity index (χ1n) is 6.29. The molecule has 0 bridgehead atoms. The van der Waals surface area contributed by atoms with Crippen molar-refractivity contribution in [1.29, 1.82) is 0 Å². The quantitative estimate of drug-likeness (QED) is 0.764. The Morgan fingerprint density at radius 1 is 1.38 bits per heavy atom. The second-order valence-electron chi connectivity index (χ2n) is 5.52. The van der Waals surface area contributed by atoms with Gasteiger partial charge in [0.15, 0.2) is 0 Å². The van der Waals surface area contributed by atoms with E-state index in [-0.39, 0.29) is 11.5 Å². The van der Waals surface area contributed by atoms with Crippen LogP contribution in [0.1, 0.15) is 32.1 Å². The van der Waals surface area contributed by atoms with Crippen molar-refractivity contribution in [2.75, 3.05) is 19.7 Å². The van der Waals surface area contributed by atoms with E-state index in [1.165, 1.54) is 19.3 Å². The molecule has 2 aliphatic heterocycles. The smallest absolute Gasteiger partial charge is 0.309 e. The van der Waals surface area contributed by atoms with Crippen LogP contribution in [0.3, 0.4) is 0 Å². The van der Waals surface area contributed by atoms with Gasteiger partial charge in [-0.1, -0.05) is 0 Å². The molecule has 0 aromatic heterocycles. The summed E-state index contributed by atoms with van der Waals surface area (Å²) in [4.78, 5) is 13.1. The van der Waals surface area contributed by atoms with Crippen LogP contribution in [-0.4, -0.2) is 47.3 Å². The lowest BCUT2D eigenvalue weighted by Crippen LogP contribution is -2.59. The van der Waals surface area contributed by atoms with Crippen molar-refractivity contribution in [2.45, 2.75) is 43.7 Å². The van der Waals surface area contributed by atoms with Gasteiger partial charge in [0, 0.05) is 25.7 Å². The van der Waals surface area contributed by atoms with E-state index in [1.807, 2.05) is 0 Å². The van der Waals surface area contributed by atoms with E-state index in [0.29, 0.717) is 6.04 Å². The minimum Gasteiger partial charge on any atom is -0.481 e. The maximum absolute atomic E-state index is 10.8. The van der Waals surface area contributed by atoms with Gasteiger partial charge in [0.25, 0.3) is 0 Å². The largest absolute Gasteiger partial charge is 0.481 e. The van der Waals surface area contributed by atoms with Crippen molar-refractivity contribution in [1.82, 2.24) is 4.90 Å². The summed E-state index contributed by atoms with van der Waals surface area (Å²) < 4.78 is 5.88. The van der Waals surface area contributed by atoms with E-state index >= 15 is 0 Å². The molecule has 1 saturated carbocycles. The lowest BCUT2D eigenvalue weighted by atomic mass is 9.73. The zero-order valence-corrected chi connectivity index (χ0v) is 9.52. The molecule has 2 saturated heterocycles. The Morgan fingerprint density at radius 2 is 2.12 bits per heavy atom. The van der Waals surface area contributed by atoms with Gasteiger partial charge in [-0.15, -0.1) is 0 Å². The molecular weight excluding hydrogens is 206 g/mol. The summed E-state index contributed by atoms with van der Waals surface area (Å²) in [6.45, 7) is 2.35. The molecule has 3 rings (SSSR count). The van der Waals surface area contributed by atoms with Crippen LogP contribution in [0.5, 0.6) is 0 Å². The van der Waals surface area contributed by atoms with Crippen LogP contribution >= 0.6 is 0 Å². The molecular formula is C12H19NO3. The van der Waals surface area contributed by atoms with E-state index < -0.39 is 5.97 Å². The lowest BCUT2D eigenvalue weighted by Gasteiger charge is -2.52. The first-order chi connectivity index (χ1) is 7.69. The highest BCUT2D eigenvalue weighted by Gasteiger charge is 2.46. The van der Waals surface area contributed by atoms with Crippen LogP contribution in [0.25, 0.3) is 0 Å². The van der Waals surface area contributed by atoms with Crippen molar-refractivity contribution in [3.8, 4) is 0 Å². The van der Waals surface area contributed by atoms with Gasteiger partial charge >= 0.3 is 5.97 Å². The number of carboxylic acid groups (broad SMARTS) is 1. The van der Waals surface area contributed by atoms with E-state index in [9.17, 15) is 4.79 Å². The number of likely N-dealkylation sites (tertiary alicyclic amines) is 1. The number of hydrogen-bond donors (Lipinski definition) is 1. The molecule has 2 heterocycles. The minimum absolute atomic E-state index is 0.125. The first-order valence-corrected chi connectivity index (χ1v) is 6.29. The van der Waals surface area contributed by atoms with Crippen molar-refractivity contribution >= 4 is 5.97 Å². The zero-order valence-electron chi connectivity index (χ0n) is 9.52. The van der Waals surface area contributed by atoms with Gasteiger partial charge in [-0.25, -0.2) is 0 Å². The molecule has 3 fully saturated rings. The fourth-order valence-electron chi connectivity index (χ4n) is 3.20. The van der Waals surface area contributed by atoms with Crippen LogP contribution in [-0.2, 0) is 9.53 Å². The summed E-state index contributed by atoms with van der Waals surface area (Å²) in [6, 6.07) is 0.574. The zero-order chi connectivity index (χ0) is 11.2. The molecule has 0 radical (unpaired) electrons. The molecule has 0 amide bonds. The number of rotatable bonds is 2. The predicted molar refractivity (Wildman–Crippen MR) is 58.3 cm³/mol. The number of carboxylic acids is 1. The summed E-state index contributed by atoms with van der Waals surface area (Å²) >= 11 is 0. The third-order valence-corrected chi connectivity index (χ3v) is 4.51. The topological polar surface area (TPSA) is 49.8 Å². The summed E-state index contributed by atoms with van der Waals surface area (Å²) in [5, 5.41) is 8.86. The van der Waals surface area contributed by atoms with Crippen molar-refractivity contribution in [3.63, 3.8) is 0 Å². The van der Waals surface area contributed by atoms with Gasteiger partial charge in [-0.05, 0) is 32.1 Å². The van der Waals surface area contributed by atoms with Crippen molar-refractivity contribution in [2.24, 2.45) is 5.92 Å². The molecule has 1 spiro atoms. The Kier molecular flexibility index (Phi) is 2.44. The molecule has 16 heavy (non-hydrogen) atoms. The molecule has 4 nitrogen and oxygen atoms in total. The summed E-state index contributed by atoms with van der Waals surface area (Å²) in [6.07, 6.45) is 5.91. The minimum atomic E-state index is -0.637. The number of carbonyl (C=O) groups is 1. The van der Waals surface area contributed by atoms with E-state index in [1.54, 1.807) is 0 Å². The maximum atomic E-state index is 10.8. The Labute approximate surface area is 95.6 Å². The van der Waals surface area contributed by atoms with Crippen LogP contribution in [0.15, 0.2) is 0 Å². The SMILES string of the molecule is O=C(O)C1CN(C2CCOC3(CCC3)C2)C1. The lowest BCUT2D eigenvalue weighted by molar-refractivity contribution is -0.166. The van der Waals surface area contributed by atoms with Gasteiger partial charge < -0.3 is 9.84 Å². The highest BCUT2D eigenvalue weighted by Crippen LogP contribution is 2.44. The summed E-state index contributed by atoms with van der Waals surface area (Å²) in [5.41, 5.74) is 0.178. The molecule has 1 N–H and O–H groups in total. The van der Waals surface area contributed by atoms with Gasteiger partial charge in [-0.3, -0.25) is 9.69 Å². The molecule has 90 valence electrons. The molecule has 1 unspecified atom stereocenters. The standard InChI is InChI=1S/C12H19NO3/c14-11(15)9-7-13(8-9)10-2-5-16-12(6-10)3-1-4-12/h9-10H,1-8H2,(H,14,15). The van der Waals surface area contributed by atoms with Crippen LogP contribution in [0, 0.1) is 5.92 Å². The number of ether oxygens (including phenoxy) is 1. The van der Waals surface area contributed by atoms with Gasteiger partial charge in [0.05, 0.1) is 11.5 Å². The second kappa shape index (κ2) is 3.70. The second-order valence-corrected chi connectivity index (χ2v) is 5.52. The fraction of sp³-hybridized carbons (Fsp3) is 0.917. The molecule has 0 aromatic rings. The molecule has 1 aliphatic carbocycles. The number of nitrogens with zero attached hydrogens (tertiary/aromatic N) is 1. The van der Waals surface area contributed by atoms with E-state index in [0.717, 1.165) is 32.5 Å². The normalized spacial score (nSPS) is 34.4. The summed E-state index contributed by atoms with van der Waals surface area (Å²) in [5.74, 6) is -0.762. The molecule has 0 aromatic carbocycles. The number of aliphatic carboxylic acids is 1. The first kappa shape index (κ1) is 10.5. The Bertz CT molecular complexity index is 295. The van der Waals surface area contributed by atoms with E-state index in [4.69, 9.17) is 9.84 Å². The third kappa shape index (κ3) is 1.64. The van der Waals surface area contributed by atoms with Gasteiger partial charge in [0.1, 0.15) is 0 Å². The van der Waals surface area contributed by atoms with Crippen LogP contribution < -0.4 is 0 Å². The van der Waals surface area contributed by atoms with Crippen LogP contribution in [0.2, 0.25) is 0 Å². The Balaban J connectivity index is 1.54. The number of hydrogen-bond acceptors (Lipinski definition) is 3. The monoisotopic (exact) mass is 225 g/mol. The van der Waals surface area contributed by atoms with Gasteiger partial charge in [0.2, 0.25) is 0 Å². The van der Waals surface area contributed by atoms with E-state index in [2.05, 4.69) is 4.90 Å². The molecule has 1 atom stereocenters. The highest BCUT2D eigenvalue weighted by atomic mass is 16.5. The summed E-state index contributed by atoms with van der Waals surface area (Å²) in [7, 11) is 0. The Hall–Kier alpha value is -0.610. The van der Waals surface area contributed by atoms with Crippen molar-refractivity contribution in [3.05, 3.63) is 0 Å². The molecule has 4 heteroatoms. The van der Waals surface area contributed by atoms with Crippen LogP contribution in [0.4, 0.5) is 0 Å². The predicted octanol–water partition coefficient (Wildman–Crippen LogP) is 1.10. The van der Waals surface area contributed by atoms with Gasteiger partial charge in [-0.2, -0.15) is 0 Å². The average Bonchev–Trinajstić information content (AvgIpc) is 2.13. The average molecular weight is 225 g/mol. The molecule has 3 aliphatic rings. The Morgan fingerprint density at radius 3 is 2.69 bits per heavy atom. The third-order valence-electron chi connectivity index (χ3n) is 4.51. The van der Waals surface area contributed by atoms with Crippen molar-refractivity contribution < 1.29 is 14.6 Å². The maximum Gasteiger partial charge on any atom is 0.309 e. The fourth-order valence-corrected chi connectivity index (χ4v) is 3.20.